The average molecular weight is 480 g/mol. The number of aryl methyl sites for hydroxylation is 2. The van der Waals surface area contributed by atoms with E-state index in [1.54, 1.807) is 35.2 Å². The number of carbonyl (C=O) groups is 1. The zero-order valence-corrected chi connectivity index (χ0v) is 19.2. The van der Waals surface area contributed by atoms with E-state index in [-0.39, 0.29) is 12.5 Å². The van der Waals surface area contributed by atoms with Crippen molar-refractivity contribution in [3.05, 3.63) is 48.8 Å². The average Bonchev–Trinajstić information content (AvgIpc) is 3.46. The summed E-state index contributed by atoms with van der Waals surface area (Å²) in [6.45, 7) is 1.39. The van der Waals surface area contributed by atoms with E-state index < -0.39 is 13.0 Å². The summed E-state index contributed by atoms with van der Waals surface area (Å²) >= 11 is 0. The zero-order chi connectivity index (χ0) is 24.7. The molecule has 0 bridgehead atoms. The molecule has 5 rings (SSSR count). The molecule has 1 aliphatic rings. The van der Waals surface area contributed by atoms with Crippen molar-refractivity contribution >= 4 is 34.7 Å². The molecule has 0 saturated heterocycles. The highest BCUT2D eigenvalue weighted by Crippen LogP contribution is 2.36. The summed E-state index contributed by atoms with van der Waals surface area (Å²) in [6, 6.07) is 1.94. The monoisotopic (exact) mass is 480 g/mol. The molecule has 1 N–H and O–H groups in total. The van der Waals surface area contributed by atoms with Crippen LogP contribution in [0, 0.1) is 6.92 Å². The van der Waals surface area contributed by atoms with Crippen molar-refractivity contribution < 1.29 is 13.6 Å². The predicted octanol–water partition coefficient (Wildman–Crippen LogP) is 2.90. The molecule has 0 unspecified atom stereocenters. The highest BCUT2D eigenvalue weighted by atomic mass is 19.3. The minimum atomic E-state index is -2.54. The molecule has 0 saturated carbocycles. The molecule has 0 atom stereocenters. The van der Waals surface area contributed by atoms with Crippen LogP contribution in [0.2, 0.25) is 0 Å². The largest absolute Gasteiger partial charge is 0.323 e. The van der Waals surface area contributed by atoms with Gasteiger partial charge in [0.15, 0.2) is 5.82 Å². The lowest BCUT2D eigenvalue weighted by molar-refractivity contribution is -0.117. The number of hydrogen-bond donors (Lipinski definition) is 1. The molecule has 0 radical (unpaired) electrons. The van der Waals surface area contributed by atoms with E-state index in [1.165, 1.54) is 17.3 Å². The second-order valence-corrected chi connectivity index (χ2v) is 8.17. The lowest BCUT2D eigenvalue weighted by Gasteiger charge is -2.33. The van der Waals surface area contributed by atoms with Crippen LogP contribution in [0.1, 0.15) is 5.56 Å². The Kier molecular flexibility index (Phi) is 5.59. The zero-order valence-electron chi connectivity index (χ0n) is 19.2. The third-order valence-corrected chi connectivity index (χ3v) is 5.65. The Morgan fingerprint density at radius 3 is 2.63 bits per heavy atom. The van der Waals surface area contributed by atoms with Crippen molar-refractivity contribution in [2.75, 3.05) is 28.7 Å². The summed E-state index contributed by atoms with van der Waals surface area (Å²) in [5.41, 5.74) is 4.32. The first-order valence-corrected chi connectivity index (χ1v) is 10.7. The van der Waals surface area contributed by atoms with Crippen LogP contribution in [-0.4, -0.2) is 60.4 Å². The molecule has 1 amide bonds. The van der Waals surface area contributed by atoms with Gasteiger partial charge in [-0.1, -0.05) is 0 Å². The van der Waals surface area contributed by atoms with Gasteiger partial charge in [0.1, 0.15) is 18.8 Å². The highest BCUT2D eigenvalue weighted by molar-refractivity contribution is 6.03. The second kappa shape index (κ2) is 8.74. The third kappa shape index (κ3) is 4.39. The number of pyridine rings is 1. The van der Waals surface area contributed by atoms with Crippen molar-refractivity contribution in [3.8, 4) is 11.3 Å². The number of anilines is 5. The normalized spacial score (nSPS) is 13.5. The van der Waals surface area contributed by atoms with E-state index in [1.807, 2.05) is 26.2 Å². The summed E-state index contributed by atoms with van der Waals surface area (Å²) in [5.74, 6) is 0.573. The quantitative estimate of drug-likeness (QED) is 0.449. The molecular weight excluding hydrogens is 458 g/mol. The number of fused-ring (bicyclic) bond motifs is 1. The lowest BCUT2D eigenvalue weighted by atomic mass is 10.1. The van der Waals surface area contributed by atoms with Crippen LogP contribution in [0.25, 0.3) is 11.3 Å². The Morgan fingerprint density at radius 1 is 1.09 bits per heavy atom. The smallest absolute Gasteiger partial charge is 0.257 e. The lowest BCUT2D eigenvalue weighted by Crippen LogP contribution is -2.42. The number of aromatic nitrogens is 7. The summed E-state index contributed by atoms with van der Waals surface area (Å²) in [5, 5.41) is 11.3. The molecular formula is C22H22F2N10O. The van der Waals surface area contributed by atoms with E-state index in [2.05, 4.69) is 30.5 Å². The van der Waals surface area contributed by atoms with Crippen molar-refractivity contribution in [3.63, 3.8) is 0 Å². The van der Waals surface area contributed by atoms with Crippen LogP contribution in [0.4, 0.5) is 37.6 Å². The number of alkyl halides is 2. The van der Waals surface area contributed by atoms with Crippen molar-refractivity contribution in [1.82, 2.24) is 34.5 Å². The van der Waals surface area contributed by atoms with E-state index in [0.29, 0.717) is 28.8 Å². The molecule has 13 heteroatoms. The number of nitrogens with one attached hydrogen (secondary N) is 1. The molecule has 11 nitrogen and oxygen atoms in total. The summed E-state index contributed by atoms with van der Waals surface area (Å²) in [4.78, 5) is 29.2. The SMILES string of the molecule is Cc1cc(-c2cnn(C)c2)ncc1Nc1ncc2c(n1)N(c1cnn(CC(F)F)c1)CC(=O)N2C. The van der Waals surface area contributed by atoms with Gasteiger partial charge in [-0.2, -0.15) is 15.2 Å². The molecule has 4 aromatic heterocycles. The highest BCUT2D eigenvalue weighted by Gasteiger charge is 2.31. The van der Waals surface area contributed by atoms with E-state index >= 15 is 0 Å². The van der Waals surface area contributed by atoms with E-state index in [0.717, 1.165) is 21.5 Å². The minimum absolute atomic E-state index is 0.0132. The van der Waals surface area contributed by atoms with Gasteiger partial charge in [0.25, 0.3) is 6.43 Å². The number of carbonyl (C=O) groups excluding carboxylic acids is 1. The molecule has 0 aromatic carbocycles. The molecule has 4 aromatic rings. The minimum Gasteiger partial charge on any atom is -0.323 e. The summed E-state index contributed by atoms with van der Waals surface area (Å²) in [7, 11) is 3.48. The molecule has 0 aliphatic carbocycles. The number of rotatable bonds is 6. The fourth-order valence-corrected chi connectivity index (χ4v) is 3.78. The van der Waals surface area contributed by atoms with Crippen LogP contribution in [0.15, 0.2) is 43.2 Å². The first kappa shape index (κ1) is 22.4. The van der Waals surface area contributed by atoms with Crippen LogP contribution in [-0.2, 0) is 18.4 Å². The Balaban J connectivity index is 1.45. The van der Waals surface area contributed by atoms with Gasteiger partial charge in [-0.05, 0) is 18.6 Å². The topological polar surface area (TPSA) is 110 Å². The molecule has 35 heavy (non-hydrogen) atoms. The van der Waals surface area contributed by atoms with Gasteiger partial charge in [0, 0.05) is 32.1 Å². The molecule has 5 heterocycles. The van der Waals surface area contributed by atoms with Crippen LogP contribution < -0.4 is 15.1 Å². The first-order valence-electron chi connectivity index (χ1n) is 10.7. The van der Waals surface area contributed by atoms with Gasteiger partial charge in [-0.25, -0.2) is 13.8 Å². The number of likely N-dealkylation sites (N-methyl/N-ethyl adjacent to an activating group) is 1. The van der Waals surface area contributed by atoms with Crippen LogP contribution >= 0.6 is 0 Å². The maximum Gasteiger partial charge on any atom is 0.257 e. The summed E-state index contributed by atoms with van der Waals surface area (Å²) < 4.78 is 28.4. The predicted molar refractivity (Wildman–Crippen MR) is 125 cm³/mol. The maximum atomic E-state index is 12.8. The van der Waals surface area contributed by atoms with Crippen molar-refractivity contribution in [2.45, 2.75) is 19.9 Å². The second-order valence-electron chi connectivity index (χ2n) is 8.17. The van der Waals surface area contributed by atoms with Crippen LogP contribution in [0.5, 0.6) is 0 Å². The van der Waals surface area contributed by atoms with Gasteiger partial charge in [0.05, 0.1) is 41.9 Å². The number of hydrogen-bond acceptors (Lipinski definition) is 8. The van der Waals surface area contributed by atoms with Gasteiger partial charge in [-0.15, -0.1) is 0 Å². The molecule has 0 fully saturated rings. The fourth-order valence-electron chi connectivity index (χ4n) is 3.78. The van der Waals surface area contributed by atoms with Crippen molar-refractivity contribution in [2.24, 2.45) is 7.05 Å². The van der Waals surface area contributed by atoms with Gasteiger partial charge in [-0.3, -0.25) is 19.1 Å². The van der Waals surface area contributed by atoms with Gasteiger partial charge >= 0.3 is 0 Å². The number of nitrogens with zero attached hydrogens (tertiary/aromatic N) is 9. The Bertz CT molecular complexity index is 1400. The van der Waals surface area contributed by atoms with Gasteiger partial charge < -0.3 is 15.1 Å². The Morgan fingerprint density at radius 2 is 1.91 bits per heavy atom. The van der Waals surface area contributed by atoms with E-state index in [9.17, 15) is 13.6 Å². The fraction of sp³-hybridized carbons (Fsp3) is 0.273. The maximum absolute atomic E-state index is 12.8. The van der Waals surface area contributed by atoms with Crippen LogP contribution in [0.3, 0.4) is 0 Å². The third-order valence-electron chi connectivity index (χ3n) is 5.65. The Labute approximate surface area is 199 Å². The van der Waals surface area contributed by atoms with Gasteiger partial charge in [0.2, 0.25) is 11.9 Å². The molecule has 0 spiro atoms. The molecule has 180 valence electrons. The Hall–Kier alpha value is -4.42. The number of amides is 1. The van der Waals surface area contributed by atoms with Crippen molar-refractivity contribution in [1.29, 1.82) is 0 Å². The molecule has 1 aliphatic heterocycles. The first-order chi connectivity index (χ1) is 16.8. The standard InChI is InChI=1S/C22H22F2N10O/c1-13-4-16(14-5-27-31(2)9-14)25-7-17(13)29-22-26-8-18-21(30-22)34(12-20(35)32(18)3)15-6-28-33(10-15)11-19(23)24/h4-10,19H,11-12H2,1-3H3,(H,26,29,30). The summed E-state index contributed by atoms with van der Waals surface area (Å²) in [6.07, 6.45) is 7.24. The van der Waals surface area contributed by atoms with E-state index in [4.69, 9.17) is 0 Å². The number of halogens is 2.